The molecule has 0 spiro atoms. The molecular weight excluding hydrogens is 242 g/mol. The molecule has 18 heavy (non-hydrogen) atoms. The van der Waals surface area contributed by atoms with E-state index in [1.54, 1.807) is 0 Å². The minimum absolute atomic E-state index is 0.361. The first kappa shape index (κ1) is 19.6. The van der Waals surface area contributed by atoms with Crippen molar-refractivity contribution in [2.24, 2.45) is 11.8 Å². The minimum atomic E-state index is -1.20. The van der Waals surface area contributed by atoms with Gasteiger partial charge in [0.2, 0.25) is 5.91 Å². The molecule has 0 aromatic rings. The Morgan fingerprint density at radius 2 is 1.67 bits per heavy atom. The third-order valence-corrected chi connectivity index (χ3v) is 2.51. The van der Waals surface area contributed by atoms with Gasteiger partial charge in [-0.1, -0.05) is 20.3 Å². The average molecular weight is 267 g/mol. The maximum Gasteiger partial charge on any atom is 0.228 e. The number of hydrogen-bond acceptors (Lipinski definition) is 6. The molecular formula is C11H25NO6. The summed E-state index contributed by atoms with van der Waals surface area (Å²) in [7, 11) is 0. The van der Waals surface area contributed by atoms with Gasteiger partial charge in [-0.2, -0.15) is 0 Å². The SMILES string of the molecule is CCC(C)CNC(=O)C(CO)C(O)CO.OCO. The summed E-state index contributed by atoms with van der Waals surface area (Å²) in [5.41, 5.74) is 0. The molecule has 0 rings (SSSR count). The maximum absolute atomic E-state index is 11.5. The van der Waals surface area contributed by atoms with Gasteiger partial charge in [0.1, 0.15) is 6.79 Å². The Bertz CT molecular complexity index is 202. The first-order chi connectivity index (χ1) is 8.48. The molecule has 0 saturated heterocycles. The van der Waals surface area contributed by atoms with Crippen molar-refractivity contribution in [3.63, 3.8) is 0 Å². The first-order valence-corrected chi connectivity index (χ1v) is 5.87. The van der Waals surface area contributed by atoms with E-state index >= 15 is 0 Å². The summed E-state index contributed by atoms with van der Waals surface area (Å²) in [6, 6.07) is 0. The number of carbonyl (C=O) groups excluding carboxylic acids is 1. The summed E-state index contributed by atoms with van der Waals surface area (Å²) in [4.78, 5) is 11.5. The zero-order chi connectivity index (χ0) is 14.6. The van der Waals surface area contributed by atoms with Gasteiger partial charge < -0.3 is 30.8 Å². The van der Waals surface area contributed by atoms with Crippen molar-refractivity contribution in [2.75, 3.05) is 26.6 Å². The lowest BCUT2D eigenvalue weighted by molar-refractivity contribution is -0.131. The van der Waals surface area contributed by atoms with Crippen molar-refractivity contribution in [1.29, 1.82) is 0 Å². The van der Waals surface area contributed by atoms with E-state index in [1.165, 1.54) is 0 Å². The van der Waals surface area contributed by atoms with E-state index in [0.29, 0.717) is 12.5 Å². The van der Waals surface area contributed by atoms with Crippen molar-refractivity contribution in [3.8, 4) is 0 Å². The summed E-state index contributed by atoms with van der Waals surface area (Å²) < 4.78 is 0. The number of nitrogens with one attached hydrogen (secondary N) is 1. The van der Waals surface area contributed by atoms with Crippen molar-refractivity contribution in [2.45, 2.75) is 26.4 Å². The molecule has 0 aliphatic carbocycles. The highest BCUT2D eigenvalue weighted by Gasteiger charge is 2.25. The lowest BCUT2D eigenvalue weighted by Gasteiger charge is -2.19. The van der Waals surface area contributed by atoms with Gasteiger partial charge in [0.15, 0.2) is 0 Å². The van der Waals surface area contributed by atoms with E-state index in [9.17, 15) is 9.90 Å². The second-order valence-corrected chi connectivity index (χ2v) is 3.94. The Morgan fingerprint density at radius 1 is 1.17 bits per heavy atom. The minimum Gasteiger partial charge on any atom is -0.395 e. The molecule has 0 heterocycles. The maximum atomic E-state index is 11.5. The zero-order valence-corrected chi connectivity index (χ0v) is 10.9. The lowest BCUT2D eigenvalue weighted by atomic mass is 10.0. The predicted molar refractivity (Wildman–Crippen MR) is 65.4 cm³/mol. The fourth-order valence-corrected chi connectivity index (χ4v) is 1.06. The second kappa shape index (κ2) is 12.7. The Balaban J connectivity index is 0. The van der Waals surface area contributed by atoms with Gasteiger partial charge in [-0.05, 0) is 5.92 Å². The molecule has 0 saturated carbocycles. The van der Waals surface area contributed by atoms with Crippen LogP contribution in [0.15, 0.2) is 0 Å². The van der Waals surface area contributed by atoms with E-state index in [0.717, 1.165) is 6.42 Å². The van der Waals surface area contributed by atoms with Crippen LogP contribution < -0.4 is 5.32 Å². The molecule has 7 nitrogen and oxygen atoms in total. The van der Waals surface area contributed by atoms with Crippen molar-refractivity contribution in [3.05, 3.63) is 0 Å². The van der Waals surface area contributed by atoms with Crippen LogP contribution in [0.3, 0.4) is 0 Å². The quantitative estimate of drug-likeness (QED) is 0.297. The molecule has 110 valence electrons. The second-order valence-electron chi connectivity index (χ2n) is 3.94. The van der Waals surface area contributed by atoms with E-state index in [-0.39, 0.29) is 0 Å². The van der Waals surface area contributed by atoms with E-state index in [2.05, 4.69) is 5.32 Å². The van der Waals surface area contributed by atoms with Gasteiger partial charge in [0.25, 0.3) is 0 Å². The standard InChI is InChI=1S/C10H21NO4.CH4O2/c1-3-7(2)4-11-10(15)8(5-12)9(14)6-13;2-1-3/h7-9,12-14H,3-6H2,1-2H3,(H,11,15);2-3H,1H2. The van der Waals surface area contributed by atoms with Crippen molar-refractivity contribution >= 4 is 5.91 Å². The van der Waals surface area contributed by atoms with E-state index in [1.807, 2.05) is 13.8 Å². The number of hydrogen-bond donors (Lipinski definition) is 6. The highest BCUT2D eigenvalue weighted by molar-refractivity contribution is 5.79. The van der Waals surface area contributed by atoms with Crippen molar-refractivity contribution < 1.29 is 30.3 Å². The number of rotatable bonds is 7. The fraction of sp³-hybridized carbons (Fsp3) is 0.909. The Morgan fingerprint density at radius 3 is 2.00 bits per heavy atom. The fourth-order valence-electron chi connectivity index (χ4n) is 1.06. The van der Waals surface area contributed by atoms with E-state index < -0.39 is 37.9 Å². The van der Waals surface area contributed by atoms with Crippen LogP contribution in [-0.4, -0.2) is 64.1 Å². The molecule has 7 heteroatoms. The first-order valence-electron chi connectivity index (χ1n) is 5.87. The summed E-state index contributed by atoms with van der Waals surface area (Å²) in [5.74, 6) is -1.00. The summed E-state index contributed by atoms with van der Waals surface area (Å²) in [6.07, 6.45) is -0.251. The Hall–Kier alpha value is -0.730. The smallest absolute Gasteiger partial charge is 0.228 e. The van der Waals surface area contributed by atoms with Crippen LogP contribution in [0, 0.1) is 11.8 Å². The lowest BCUT2D eigenvalue weighted by Crippen LogP contribution is -2.42. The Labute approximate surface area is 107 Å². The Kier molecular flexibility index (Phi) is 13.9. The number of aliphatic hydroxyl groups excluding tert-OH is 4. The molecule has 1 amide bonds. The zero-order valence-electron chi connectivity index (χ0n) is 10.9. The summed E-state index contributed by atoms with van der Waals surface area (Å²) >= 11 is 0. The van der Waals surface area contributed by atoms with Gasteiger partial charge >= 0.3 is 0 Å². The molecule has 0 aromatic carbocycles. The largest absolute Gasteiger partial charge is 0.395 e. The highest BCUT2D eigenvalue weighted by atomic mass is 16.5. The van der Waals surface area contributed by atoms with Crippen LogP contribution in [-0.2, 0) is 4.79 Å². The van der Waals surface area contributed by atoms with Gasteiger partial charge in [-0.15, -0.1) is 0 Å². The van der Waals surface area contributed by atoms with Gasteiger partial charge in [-0.3, -0.25) is 4.79 Å². The molecule has 0 aliphatic rings. The van der Waals surface area contributed by atoms with Crippen LogP contribution in [0.25, 0.3) is 0 Å². The number of aliphatic hydroxyl groups is 5. The summed E-state index contributed by atoms with van der Waals surface area (Å²) in [6.45, 7) is 2.79. The predicted octanol–water partition coefficient (Wildman–Crippen LogP) is -1.96. The average Bonchev–Trinajstić information content (AvgIpc) is 2.37. The molecule has 6 N–H and O–H groups in total. The highest BCUT2D eigenvalue weighted by Crippen LogP contribution is 2.04. The van der Waals surface area contributed by atoms with Crippen LogP contribution >= 0.6 is 0 Å². The van der Waals surface area contributed by atoms with Gasteiger partial charge in [0, 0.05) is 6.54 Å². The monoisotopic (exact) mass is 267 g/mol. The molecule has 0 aromatic heterocycles. The van der Waals surface area contributed by atoms with Crippen LogP contribution in [0.5, 0.6) is 0 Å². The summed E-state index contributed by atoms with van der Waals surface area (Å²) in [5, 5.41) is 43.7. The molecule has 0 radical (unpaired) electrons. The number of amides is 1. The normalized spacial score (nSPS) is 15.1. The van der Waals surface area contributed by atoms with Gasteiger partial charge in [0.05, 0.1) is 25.2 Å². The molecule has 3 atom stereocenters. The molecule has 0 bridgehead atoms. The third-order valence-electron chi connectivity index (χ3n) is 2.51. The van der Waals surface area contributed by atoms with Crippen LogP contribution in [0.4, 0.5) is 0 Å². The third kappa shape index (κ3) is 9.32. The molecule has 3 unspecified atom stereocenters. The molecule has 0 fully saturated rings. The van der Waals surface area contributed by atoms with Crippen LogP contribution in [0.1, 0.15) is 20.3 Å². The molecule has 0 aliphatic heterocycles. The van der Waals surface area contributed by atoms with Gasteiger partial charge in [-0.25, -0.2) is 0 Å². The van der Waals surface area contributed by atoms with Crippen LogP contribution in [0.2, 0.25) is 0 Å². The van der Waals surface area contributed by atoms with Crippen molar-refractivity contribution in [1.82, 2.24) is 5.32 Å². The number of carbonyl (C=O) groups is 1. The topological polar surface area (TPSA) is 130 Å². The van der Waals surface area contributed by atoms with E-state index in [4.69, 9.17) is 20.4 Å².